The van der Waals surface area contributed by atoms with E-state index in [1.54, 1.807) is 0 Å². The Balaban J connectivity index is 1.85. The maximum atomic E-state index is 9.61. The molecule has 0 spiro atoms. The molecule has 1 saturated heterocycles. The Hall–Kier alpha value is -1.79. The van der Waals surface area contributed by atoms with Crippen LogP contribution in [0.15, 0.2) is 30.3 Å². The molecule has 3 rings (SSSR count). The number of aliphatic hydroxyl groups is 1. The van der Waals surface area contributed by atoms with Crippen molar-refractivity contribution in [2.24, 2.45) is 0 Å². The van der Waals surface area contributed by atoms with Gasteiger partial charge in [-0.05, 0) is 42.7 Å². The number of rotatable bonds is 5. The first-order valence-corrected chi connectivity index (χ1v) is 7.89. The van der Waals surface area contributed by atoms with Crippen LogP contribution in [0.1, 0.15) is 44.1 Å². The van der Waals surface area contributed by atoms with Crippen LogP contribution in [0.5, 0.6) is 0 Å². The molecule has 0 aliphatic carbocycles. The molecule has 1 aliphatic heterocycles. The summed E-state index contributed by atoms with van der Waals surface area (Å²) >= 11 is 0. The fourth-order valence-electron chi connectivity index (χ4n) is 3.45. The zero-order valence-electron chi connectivity index (χ0n) is 13.1. The molecular weight excluding hydrogens is 278 g/mol. The summed E-state index contributed by atoms with van der Waals surface area (Å²) in [6.45, 7) is 5.18. The van der Waals surface area contributed by atoms with Crippen molar-refractivity contribution in [3.63, 3.8) is 0 Å². The molecule has 1 N–H and O–H groups in total. The minimum atomic E-state index is 0.177. The monoisotopic (exact) mass is 301 g/mol. The summed E-state index contributed by atoms with van der Waals surface area (Å²) in [7, 11) is 0. The summed E-state index contributed by atoms with van der Waals surface area (Å²) in [6, 6.07) is 10.9. The average molecular weight is 301 g/mol. The Bertz CT molecular complexity index is 598. The molecule has 2 aromatic rings. The Kier molecular flexibility index (Phi) is 4.49. The third-order valence-corrected chi connectivity index (χ3v) is 4.39. The fraction of sp³-hybridized carbons (Fsp3) is 0.562. The summed E-state index contributed by atoms with van der Waals surface area (Å²) in [5.74, 6) is 0.897. The van der Waals surface area contributed by atoms with Crippen molar-refractivity contribution in [3.05, 3.63) is 41.7 Å². The van der Waals surface area contributed by atoms with Gasteiger partial charge in [0.15, 0.2) is 5.82 Å². The van der Waals surface area contributed by atoms with Gasteiger partial charge in [0, 0.05) is 12.1 Å². The molecule has 1 aromatic heterocycles. The molecule has 1 aliphatic rings. The zero-order chi connectivity index (χ0) is 15.5. The number of aliphatic hydroxyl groups excluding tert-OH is 1. The van der Waals surface area contributed by atoms with Gasteiger partial charge in [0.2, 0.25) is 0 Å². The highest BCUT2D eigenvalue weighted by Gasteiger charge is 2.38. The molecule has 2 atom stereocenters. The maximum absolute atomic E-state index is 9.61. The number of aromatic nitrogens is 4. The van der Waals surface area contributed by atoms with Gasteiger partial charge in [-0.2, -0.15) is 0 Å². The highest BCUT2D eigenvalue weighted by Crippen LogP contribution is 2.36. The molecule has 2 heterocycles. The first-order chi connectivity index (χ1) is 10.7. The molecular formula is C16H23N5O. The molecule has 0 radical (unpaired) electrons. The smallest absolute Gasteiger partial charge is 0.168 e. The Labute approximate surface area is 130 Å². The number of likely N-dealkylation sites (tertiary alicyclic amines) is 1. The van der Waals surface area contributed by atoms with Crippen LogP contribution in [0.25, 0.3) is 0 Å². The van der Waals surface area contributed by atoms with Crippen LogP contribution in [-0.2, 0) is 6.54 Å². The first kappa shape index (κ1) is 15.1. The molecule has 22 heavy (non-hydrogen) atoms. The summed E-state index contributed by atoms with van der Waals surface area (Å²) < 4.78 is 1.88. The van der Waals surface area contributed by atoms with E-state index >= 15 is 0 Å². The Morgan fingerprint density at radius 3 is 2.68 bits per heavy atom. The lowest BCUT2D eigenvalue weighted by atomic mass is 10.1. The van der Waals surface area contributed by atoms with Gasteiger partial charge in [-0.1, -0.05) is 30.3 Å². The highest BCUT2D eigenvalue weighted by molar-refractivity contribution is 5.15. The van der Waals surface area contributed by atoms with Gasteiger partial charge in [0.1, 0.15) is 0 Å². The molecule has 0 saturated carbocycles. The zero-order valence-corrected chi connectivity index (χ0v) is 13.1. The van der Waals surface area contributed by atoms with Crippen molar-refractivity contribution in [1.82, 2.24) is 25.1 Å². The van der Waals surface area contributed by atoms with Crippen molar-refractivity contribution in [1.29, 1.82) is 0 Å². The Morgan fingerprint density at radius 2 is 2.00 bits per heavy atom. The number of nitrogens with zero attached hydrogens (tertiary/aromatic N) is 5. The quantitative estimate of drug-likeness (QED) is 0.909. The van der Waals surface area contributed by atoms with Crippen LogP contribution in [-0.4, -0.2) is 48.9 Å². The summed E-state index contributed by atoms with van der Waals surface area (Å²) in [5, 5.41) is 21.9. The Morgan fingerprint density at radius 1 is 1.23 bits per heavy atom. The van der Waals surface area contributed by atoms with E-state index in [1.807, 2.05) is 22.9 Å². The van der Waals surface area contributed by atoms with E-state index < -0.39 is 0 Å². The van der Waals surface area contributed by atoms with Gasteiger partial charge in [-0.15, -0.1) is 5.10 Å². The van der Waals surface area contributed by atoms with E-state index in [4.69, 9.17) is 0 Å². The van der Waals surface area contributed by atoms with Gasteiger partial charge in [-0.25, -0.2) is 4.68 Å². The fourth-order valence-corrected chi connectivity index (χ4v) is 3.45. The van der Waals surface area contributed by atoms with Crippen molar-refractivity contribution < 1.29 is 5.11 Å². The SMILES string of the molecule is CC(C)N1[C@H](CO)CC[C@H]1c1nnnn1Cc1ccccc1. The normalized spacial score (nSPS) is 22.5. The summed E-state index contributed by atoms with van der Waals surface area (Å²) in [4.78, 5) is 2.34. The molecule has 1 fully saturated rings. The van der Waals surface area contributed by atoms with Crippen molar-refractivity contribution in [2.45, 2.75) is 51.4 Å². The molecule has 0 unspecified atom stereocenters. The second-order valence-electron chi connectivity index (χ2n) is 6.15. The van der Waals surface area contributed by atoms with E-state index in [0.29, 0.717) is 12.6 Å². The number of hydrogen-bond donors (Lipinski definition) is 1. The van der Waals surface area contributed by atoms with E-state index in [9.17, 15) is 5.11 Å². The van der Waals surface area contributed by atoms with E-state index in [0.717, 1.165) is 18.7 Å². The minimum absolute atomic E-state index is 0.177. The summed E-state index contributed by atoms with van der Waals surface area (Å²) in [5.41, 5.74) is 1.18. The lowest BCUT2D eigenvalue weighted by molar-refractivity contribution is 0.0944. The van der Waals surface area contributed by atoms with Gasteiger partial charge in [-0.3, -0.25) is 4.90 Å². The van der Waals surface area contributed by atoms with Crippen LogP contribution >= 0.6 is 0 Å². The molecule has 1 aromatic carbocycles. The standard InChI is InChI=1S/C16H23N5O/c1-12(2)21-14(11-22)8-9-15(21)16-17-18-19-20(16)10-13-6-4-3-5-7-13/h3-7,12,14-15,22H,8-11H2,1-2H3/t14-,15-/m0/s1. The maximum Gasteiger partial charge on any atom is 0.168 e. The second-order valence-corrected chi connectivity index (χ2v) is 6.15. The van der Waals surface area contributed by atoms with Crippen molar-refractivity contribution in [3.8, 4) is 0 Å². The lowest BCUT2D eigenvalue weighted by Gasteiger charge is -2.32. The van der Waals surface area contributed by atoms with Crippen LogP contribution in [0.3, 0.4) is 0 Å². The molecule has 0 amide bonds. The third-order valence-electron chi connectivity index (χ3n) is 4.39. The highest BCUT2D eigenvalue weighted by atomic mass is 16.3. The van der Waals surface area contributed by atoms with Gasteiger partial charge < -0.3 is 5.11 Å². The van der Waals surface area contributed by atoms with Crippen LogP contribution in [0, 0.1) is 0 Å². The van der Waals surface area contributed by atoms with Gasteiger partial charge in [0.05, 0.1) is 19.2 Å². The van der Waals surface area contributed by atoms with Crippen LogP contribution in [0.2, 0.25) is 0 Å². The number of benzene rings is 1. The number of tetrazole rings is 1. The van der Waals surface area contributed by atoms with E-state index in [-0.39, 0.29) is 18.7 Å². The molecule has 118 valence electrons. The van der Waals surface area contributed by atoms with Crippen LogP contribution in [0.4, 0.5) is 0 Å². The van der Waals surface area contributed by atoms with Gasteiger partial charge >= 0.3 is 0 Å². The topological polar surface area (TPSA) is 67.1 Å². The summed E-state index contributed by atoms with van der Waals surface area (Å²) in [6.07, 6.45) is 1.97. The predicted octanol–water partition coefficient (Wildman–Crippen LogP) is 1.63. The molecule has 6 nitrogen and oxygen atoms in total. The van der Waals surface area contributed by atoms with Crippen LogP contribution < -0.4 is 0 Å². The second kappa shape index (κ2) is 6.54. The predicted molar refractivity (Wildman–Crippen MR) is 83.2 cm³/mol. The largest absolute Gasteiger partial charge is 0.395 e. The lowest BCUT2D eigenvalue weighted by Crippen LogP contribution is -2.40. The molecule has 0 bridgehead atoms. The van der Waals surface area contributed by atoms with Crippen molar-refractivity contribution in [2.75, 3.05) is 6.61 Å². The van der Waals surface area contributed by atoms with E-state index in [2.05, 4.69) is 46.4 Å². The van der Waals surface area contributed by atoms with Crippen molar-refractivity contribution >= 4 is 0 Å². The third kappa shape index (κ3) is 2.89. The average Bonchev–Trinajstić information content (AvgIpc) is 3.13. The first-order valence-electron chi connectivity index (χ1n) is 7.89. The minimum Gasteiger partial charge on any atom is -0.395 e. The van der Waals surface area contributed by atoms with Gasteiger partial charge in [0.25, 0.3) is 0 Å². The van der Waals surface area contributed by atoms with E-state index in [1.165, 1.54) is 5.56 Å². The number of hydrogen-bond acceptors (Lipinski definition) is 5. The molecule has 6 heteroatoms.